The molecule has 0 aromatic heterocycles. The summed E-state index contributed by atoms with van der Waals surface area (Å²) in [7, 11) is 0. The molecule has 0 aliphatic heterocycles. The number of alkyl halides is 1. The van der Waals surface area contributed by atoms with Gasteiger partial charge in [0.1, 0.15) is 12.4 Å². The van der Waals surface area contributed by atoms with E-state index in [4.69, 9.17) is 16.3 Å². The SMILES string of the molecule is CC(C)(C)C(=O)COc1ccc(CBr)cc1Cl. The molecule has 4 heteroatoms. The van der Waals surface area contributed by atoms with Crippen LogP contribution in [0.5, 0.6) is 5.75 Å². The van der Waals surface area contributed by atoms with E-state index in [1.807, 2.05) is 32.9 Å². The smallest absolute Gasteiger partial charge is 0.175 e. The molecule has 1 aromatic carbocycles. The Kier molecular flexibility index (Phi) is 5.02. The molecule has 1 aromatic rings. The molecule has 0 amide bonds. The van der Waals surface area contributed by atoms with Crippen molar-refractivity contribution in [3.8, 4) is 5.75 Å². The molecule has 0 aliphatic carbocycles. The second-order valence-corrected chi connectivity index (χ2v) is 5.83. The quantitative estimate of drug-likeness (QED) is 0.776. The van der Waals surface area contributed by atoms with E-state index in [1.165, 1.54) is 0 Å². The lowest BCUT2D eigenvalue weighted by Crippen LogP contribution is -2.26. The van der Waals surface area contributed by atoms with Crippen LogP contribution < -0.4 is 4.74 Å². The lowest BCUT2D eigenvalue weighted by atomic mass is 9.91. The molecule has 0 fully saturated rings. The summed E-state index contributed by atoms with van der Waals surface area (Å²) < 4.78 is 5.43. The molecule has 94 valence electrons. The van der Waals surface area contributed by atoms with Gasteiger partial charge in [0.15, 0.2) is 5.78 Å². The molecule has 0 saturated heterocycles. The highest BCUT2D eigenvalue weighted by atomic mass is 79.9. The Morgan fingerprint density at radius 3 is 2.53 bits per heavy atom. The molecule has 0 unspecified atom stereocenters. The molecular formula is C13H16BrClO2. The zero-order valence-electron chi connectivity index (χ0n) is 10.2. The van der Waals surface area contributed by atoms with E-state index < -0.39 is 0 Å². The lowest BCUT2D eigenvalue weighted by Gasteiger charge is -2.17. The number of carbonyl (C=O) groups is 1. The minimum absolute atomic E-state index is 0.0525. The van der Waals surface area contributed by atoms with E-state index in [9.17, 15) is 4.79 Å². The molecular weight excluding hydrogens is 303 g/mol. The molecule has 0 heterocycles. The summed E-state index contributed by atoms with van der Waals surface area (Å²) in [5.41, 5.74) is 0.687. The van der Waals surface area contributed by atoms with Crippen molar-refractivity contribution in [2.24, 2.45) is 5.41 Å². The van der Waals surface area contributed by atoms with Crippen LogP contribution in [-0.4, -0.2) is 12.4 Å². The molecule has 0 saturated carbocycles. The van der Waals surface area contributed by atoms with E-state index in [-0.39, 0.29) is 17.8 Å². The van der Waals surface area contributed by atoms with Gasteiger partial charge in [-0.3, -0.25) is 4.79 Å². The van der Waals surface area contributed by atoms with Crippen LogP contribution in [0, 0.1) is 5.41 Å². The van der Waals surface area contributed by atoms with Crippen LogP contribution in [0.4, 0.5) is 0 Å². The summed E-state index contributed by atoms with van der Waals surface area (Å²) >= 11 is 9.40. The van der Waals surface area contributed by atoms with E-state index in [2.05, 4.69) is 15.9 Å². The van der Waals surface area contributed by atoms with Gasteiger partial charge in [-0.05, 0) is 17.7 Å². The van der Waals surface area contributed by atoms with E-state index in [0.29, 0.717) is 10.8 Å². The van der Waals surface area contributed by atoms with Crippen LogP contribution in [-0.2, 0) is 10.1 Å². The second-order valence-electron chi connectivity index (χ2n) is 4.86. The van der Waals surface area contributed by atoms with Crippen molar-refractivity contribution in [3.63, 3.8) is 0 Å². The number of benzene rings is 1. The Balaban J connectivity index is 2.67. The topological polar surface area (TPSA) is 26.3 Å². The fraction of sp³-hybridized carbons (Fsp3) is 0.462. The fourth-order valence-electron chi connectivity index (χ4n) is 1.10. The normalized spacial score (nSPS) is 11.4. The minimum atomic E-state index is -0.387. The summed E-state index contributed by atoms with van der Waals surface area (Å²) in [4.78, 5) is 11.7. The molecule has 0 bridgehead atoms. The Bertz CT molecular complexity index is 410. The minimum Gasteiger partial charge on any atom is -0.484 e. The van der Waals surface area contributed by atoms with Crippen LogP contribution in [0.15, 0.2) is 18.2 Å². The number of carbonyl (C=O) groups excluding carboxylic acids is 1. The number of ketones is 1. The molecule has 0 N–H and O–H groups in total. The number of halogens is 2. The summed E-state index contributed by atoms with van der Waals surface area (Å²) in [6.45, 7) is 5.66. The van der Waals surface area contributed by atoms with Gasteiger partial charge in [-0.15, -0.1) is 0 Å². The number of Topliss-reactive ketones (excluding diaryl/α,β-unsaturated/α-hetero) is 1. The van der Waals surface area contributed by atoms with Crippen molar-refractivity contribution >= 4 is 33.3 Å². The van der Waals surface area contributed by atoms with Gasteiger partial charge in [0.25, 0.3) is 0 Å². The van der Waals surface area contributed by atoms with Gasteiger partial charge < -0.3 is 4.74 Å². The zero-order valence-corrected chi connectivity index (χ0v) is 12.6. The van der Waals surface area contributed by atoms with Crippen LogP contribution in [0.25, 0.3) is 0 Å². The van der Waals surface area contributed by atoms with Crippen LogP contribution in [0.2, 0.25) is 5.02 Å². The van der Waals surface area contributed by atoms with E-state index >= 15 is 0 Å². The van der Waals surface area contributed by atoms with Gasteiger partial charge in [-0.25, -0.2) is 0 Å². The van der Waals surface area contributed by atoms with Gasteiger partial charge in [-0.1, -0.05) is 54.4 Å². The average Bonchev–Trinajstić information content (AvgIpc) is 2.25. The Labute approximate surface area is 115 Å². The average molecular weight is 320 g/mol. The number of hydrogen-bond acceptors (Lipinski definition) is 2. The predicted octanol–water partition coefficient (Wildman–Crippen LogP) is 4.23. The van der Waals surface area contributed by atoms with Crippen molar-refractivity contribution in [2.45, 2.75) is 26.1 Å². The molecule has 17 heavy (non-hydrogen) atoms. The zero-order chi connectivity index (χ0) is 13.1. The first kappa shape index (κ1) is 14.5. The van der Waals surface area contributed by atoms with Gasteiger partial charge in [0.05, 0.1) is 5.02 Å². The first-order valence-corrected chi connectivity index (χ1v) is 6.85. The van der Waals surface area contributed by atoms with Crippen molar-refractivity contribution in [1.29, 1.82) is 0 Å². The van der Waals surface area contributed by atoms with Crippen molar-refractivity contribution in [2.75, 3.05) is 6.61 Å². The van der Waals surface area contributed by atoms with Gasteiger partial charge in [0.2, 0.25) is 0 Å². The van der Waals surface area contributed by atoms with Gasteiger partial charge in [0, 0.05) is 10.7 Å². The molecule has 2 nitrogen and oxygen atoms in total. The summed E-state index contributed by atoms with van der Waals surface area (Å²) in [5.74, 6) is 0.604. The van der Waals surface area contributed by atoms with Crippen molar-refractivity contribution in [3.05, 3.63) is 28.8 Å². The maximum Gasteiger partial charge on any atom is 0.175 e. The van der Waals surface area contributed by atoms with Gasteiger partial charge >= 0.3 is 0 Å². The number of rotatable bonds is 4. The highest BCUT2D eigenvalue weighted by Crippen LogP contribution is 2.27. The summed E-state index contributed by atoms with van der Waals surface area (Å²) in [6.07, 6.45) is 0. The Hall–Kier alpha value is -0.540. The fourth-order valence-corrected chi connectivity index (χ4v) is 1.71. The predicted molar refractivity (Wildman–Crippen MR) is 74.0 cm³/mol. The standard InChI is InChI=1S/C13H16BrClO2/c1-13(2,3)12(16)8-17-11-5-4-9(7-14)6-10(11)15/h4-6H,7-8H2,1-3H3. The van der Waals surface area contributed by atoms with Crippen LogP contribution >= 0.6 is 27.5 Å². The first-order chi connectivity index (χ1) is 7.84. The van der Waals surface area contributed by atoms with E-state index in [0.717, 1.165) is 10.9 Å². The third kappa shape index (κ3) is 4.32. The summed E-state index contributed by atoms with van der Waals surface area (Å²) in [5, 5.41) is 1.28. The maximum absolute atomic E-state index is 11.7. The number of ether oxygens (including phenoxy) is 1. The van der Waals surface area contributed by atoms with Crippen LogP contribution in [0.3, 0.4) is 0 Å². The van der Waals surface area contributed by atoms with Crippen molar-refractivity contribution in [1.82, 2.24) is 0 Å². The Morgan fingerprint density at radius 2 is 2.06 bits per heavy atom. The van der Waals surface area contributed by atoms with Gasteiger partial charge in [-0.2, -0.15) is 0 Å². The highest BCUT2D eigenvalue weighted by Gasteiger charge is 2.21. The summed E-state index contributed by atoms with van der Waals surface area (Å²) in [6, 6.07) is 5.53. The van der Waals surface area contributed by atoms with Crippen molar-refractivity contribution < 1.29 is 9.53 Å². The Morgan fingerprint density at radius 1 is 1.41 bits per heavy atom. The molecule has 0 radical (unpaired) electrons. The van der Waals surface area contributed by atoms with Crippen LogP contribution in [0.1, 0.15) is 26.3 Å². The van der Waals surface area contributed by atoms with E-state index in [1.54, 1.807) is 6.07 Å². The monoisotopic (exact) mass is 318 g/mol. The number of hydrogen-bond donors (Lipinski definition) is 0. The first-order valence-electron chi connectivity index (χ1n) is 5.35. The largest absolute Gasteiger partial charge is 0.484 e. The maximum atomic E-state index is 11.7. The third-order valence-electron chi connectivity index (χ3n) is 2.35. The lowest BCUT2D eigenvalue weighted by molar-refractivity contribution is -0.128. The molecule has 0 aliphatic rings. The molecule has 1 rings (SSSR count). The molecule has 0 atom stereocenters. The third-order valence-corrected chi connectivity index (χ3v) is 3.29. The second kappa shape index (κ2) is 5.87. The molecule has 0 spiro atoms. The highest BCUT2D eigenvalue weighted by molar-refractivity contribution is 9.08.